The lowest BCUT2D eigenvalue weighted by Crippen LogP contribution is -2.53. The Bertz CT molecular complexity index is 828. The number of nitrogens with one attached hydrogen (secondary N) is 1. The number of para-hydroxylation sites is 1. The molecule has 4 rings (SSSR count). The number of aromatic nitrogens is 2. The van der Waals surface area contributed by atoms with Crippen LogP contribution in [0.25, 0.3) is 21.8 Å². The zero-order chi connectivity index (χ0) is 16.5. The molecule has 126 valence electrons. The van der Waals surface area contributed by atoms with Crippen LogP contribution >= 0.6 is 0 Å². The second-order valence-corrected chi connectivity index (χ2v) is 6.31. The van der Waals surface area contributed by atoms with Crippen LogP contribution in [0, 0.1) is 0 Å². The van der Waals surface area contributed by atoms with Gasteiger partial charge in [0.05, 0.1) is 5.52 Å². The maximum Gasteiger partial charge on any atom is 0.153 e. The van der Waals surface area contributed by atoms with E-state index in [1.165, 1.54) is 16.3 Å². The summed E-state index contributed by atoms with van der Waals surface area (Å²) in [6.45, 7) is 10.7. The van der Waals surface area contributed by atoms with Crippen LogP contribution in [0.4, 0.5) is 5.82 Å². The number of hydrogen-bond donors (Lipinski definition) is 1. The Labute approximate surface area is 142 Å². The molecule has 0 saturated carbocycles. The van der Waals surface area contributed by atoms with Crippen molar-refractivity contribution in [3.8, 4) is 0 Å². The molecule has 0 atom stereocenters. The van der Waals surface area contributed by atoms with Gasteiger partial charge in [0.15, 0.2) is 5.82 Å². The molecule has 1 N–H and O–H groups in total. The van der Waals surface area contributed by atoms with Crippen molar-refractivity contribution in [2.24, 2.45) is 0 Å². The molecule has 5 nitrogen and oxygen atoms in total. The predicted octanol–water partition coefficient (Wildman–Crippen LogP) is 3.09. The summed E-state index contributed by atoms with van der Waals surface area (Å²) in [5.74, 6) is 1.09. The molecule has 0 spiro atoms. The van der Waals surface area contributed by atoms with E-state index in [0.29, 0.717) is 0 Å². The number of benzene rings is 1. The Morgan fingerprint density at radius 3 is 2.50 bits per heavy atom. The fourth-order valence-electron chi connectivity index (χ4n) is 3.81. The van der Waals surface area contributed by atoms with Gasteiger partial charge in [-0.2, -0.15) is 0 Å². The Balaban J connectivity index is 1.63. The molecule has 1 aliphatic rings. The third-order valence-electron chi connectivity index (χ3n) is 5.09. The smallest absolute Gasteiger partial charge is 0.153 e. The second kappa shape index (κ2) is 6.42. The number of fused-ring (bicyclic) bond motifs is 3. The zero-order valence-electron chi connectivity index (χ0n) is 14.5. The molecule has 0 unspecified atom stereocenters. The summed E-state index contributed by atoms with van der Waals surface area (Å²) in [4.78, 5) is 10.7. The molecule has 0 bridgehead atoms. The molecule has 0 aliphatic carbocycles. The van der Waals surface area contributed by atoms with E-state index in [-0.39, 0.29) is 0 Å². The summed E-state index contributed by atoms with van der Waals surface area (Å²) in [6, 6.07) is 10.6. The van der Waals surface area contributed by atoms with E-state index in [1.54, 1.807) is 0 Å². The standard InChI is InChI=1S/C19H25N5/c1-3-23(4-2)24-13-11-22(12-14-24)19-18-16(9-10-20-19)15-7-5-6-8-17(15)21-18/h5-10,21H,3-4,11-14H2,1-2H3. The van der Waals surface area contributed by atoms with Crippen molar-refractivity contribution < 1.29 is 0 Å². The minimum Gasteiger partial charge on any atom is -0.352 e. The molecule has 1 fully saturated rings. The number of anilines is 1. The van der Waals surface area contributed by atoms with Crippen LogP contribution in [0.15, 0.2) is 36.5 Å². The van der Waals surface area contributed by atoms with Crippen LogP contribution in [0.3, 0.4) is 0 Å². The van der Waals surface area contributed by atoms with E-state index in [4.69, 9.17) is 4.98 Å². The van der Waals surface area contributed by atoms with Gasteiger partial charge in [0.1, 0.15) is 0 Å². The first-order valence-corrected chi connectivity index (χ1v) is 8.92. The predicted molar refractivity (Wildman–Crippen MR) is 100 cm³/mol. The average molecular weight is 323 g/mol. The van der Waals surface area contributed by atoms with Crippen molar-refractivity contribution in [1.29, 1.82) is 0 Å². The molecule has 24 heavy (non-hydrogen) atoms. The van der Waals surface area contributed by atoms with E-state index in [2.05, 4.69) is 64.1 Å². The summed E-state index contributed by atoms with van der Waals surface area (Å²) in [6.07, 6.45) is 1.94. The van der Waals surface area contributed by atoms with Gasteiger partial charge in [-0.25, -0.2) is 15.0 Å². The lowest BCUT2D eigenvalue weighted by atomic mass is 10.2. The van der Waals surface area contributed by atoms with Gasteiger partial charge < -0.3 is 9.88 Å². The number of piperazine rings is 1. The summed E-state index contributed by atoms with van der Waals surface area (Å²) in [5, 5.41) is 7.44. The van der Waals surface area contributed by atoms with Crippen molar-refractivity contribution in [1.82, 2.24) is 20.0 Å². The fourth-order valence-corrected chi connectivity index (χ4v) is 3.81. The molecular weight excluding hydrogens is 298 g/mol. The first-order chi connectivity index (χ1) is 11.8. The topological polar surface area (TPSA) is 38.4 Å². The molecule has 0 amide bonds. The number of nitrogens with zero attached hydrogens (tertiary/aromatic N) is 4. The highest BCUT2D eigenvalue weighted by Crippen LogP contribution is 2.30. The van der Waals surface area contributed by atoms with Crippen molar-refractivity contribution in [3.05, 3.63) is 36.5 Å². The van der Waals surface area contributed by atoms with Gasteiger partial charge in [0.25, 0.3) is 0 Å². The molecule has 0 radical (unpaired) electrons. The van der Waals surface area contributed by atoms with E-state index < -0.39 is 0 Å². The monoisotopic (exact) mass is 323 g/mol. The quantitative estimate of drug-likeness (QED) is 0.801. The molecule has 1 saturated heterocycles. The van der Waals surface area contributed by atoms with E-state index in [9.17, 15) is 0 Å². The van der Waals surface area contributed by atoms with Crippen molar-refractivity contribution in [3.63, 3.8) is 0 Å². The lowest BCUT2D eigenvalue weighted by molar-refractivity contribution is -0.0204. The number of H-pyrrole nitrogens is 1. The average Bonchev–Trinajstić information content (AvgIpc) is 3.02. The minimum atomic E-state index is 1.01. The van der Waals surface area contributed by atoms with Gasteiger partial charge in [-0.15, -0.1) is 0 Å². The van der Waals surface area contributed by atoms with Gasteiger partial charge in [-0.05, 0) is 12.1 Å². The van der Waals surface area contributed by atoms with Gasteiger partial charge in [-0.3, -0.25) is 0 Å². The van der Waals surface area contributed by atoms with Crippen molar-refractivity contribution in [2.45, 2.75) is 13.8 Å². The number of rotatable bonds is 4. The first-order valence-electron chi connectivity index (χ1n) is 8.92. The lowest BCUT2D eigenvalue weighted by Gasteiger charge is -2.40. The van der Waals surface area contributed by atoms with Gasteiger partial charge in [0.2, 0.25) is 0 Å². The van der Waals surface area contributed by atoms with Gasteiger partial charge in [-0.1, -0.05) is 32.0 Å². The van der Waals surface area contributed by atoms with Crippen molar-refractivity contribution >= 4 is 27.6 Å². The molecule has 1 aliphatic heterocycles. The molecule has 3 aromatic rings. The normalized spacial score (nSPS) is 16.5. The Morgan fingerprint density at radius 2 is 1.75 bits per heavy atom. The Kier molecular flexibility index (Phi) is 4.12. The summed E-state index contributed by atoms with van der Waals surface area (Å²) >= 11 is 0. The second-order valence-electron chi connectivity index (χ2n) is 6.31. The maximum absolute atomic E-state index is 4.70. The van der Waals surface area contributed by atoms with Crippen LogP contribution in [-0.4, -0.2) is 59.3 Å². The molecule has 2 aromatic heterocycles. The van der Waals surface area contributed by atoms with E-state index in [0.717, 1.165) is 50.6 Å². The third kappa shape index (κ3) is 2.54. The largest absolute Gasteiger partial charge is 0.352 e. The summed E-state index contributed by atoms with van der Waals surface area (Å²) in [5.41, 5.74) is 2.35. The number of pyridine rings is 1. The first kappa shape index (κ1) is 15.4. The number of aromatic amines is 1. The SMILES string of the molecule is CCN(CC)N1CCN(c2nccc3c2[nH]c2ccccc23)CC1. The maximum atomic E-state index is 4.70. The van der Waals surface area contributed by atoms with Crippen LogP contribution in [-0.2, 0) is 0 Å². The number of hydrazine groups is 1. The van der Waals surface area contributed by atoms with Crippen LogP contribution in [0.5, 0.6) is 0 Å². The van der Waals surface area contributed by atoms with Crippen LogP contribution < -0.4 is 4.90 Å². The third-order valence-corrected chi connectivity index (χ3v) is 5.09. The van der Waals surface area contributed by atoms with Crippen LogP contribution in [0.2, 0.25) is 0 Å². The highest BCUT2D eigenvalue weighted by molar-refractivity contribution is 6.10. The fraction of sp³-hybridized carbons (Fsp3) is 0.421. The molecule has 3 heterocycles. The minimum absolute atomic E-state index is 1.01. The van der Waals surface area contributed by atoms with Gasteiger partial charge >= 0.3 is 0 Å². The Hall–Kier alpha value is -2.11. The van der Waals surface area contributed by atoms with Crippen molar-refractivity contribution in [2.75, 3.05) is 44.2 Å². The van der Waals surface area contributed by atoms with Gasteiger partial charge in [0, 0.05) is 61.8 Å². The zero-order valence-corrected chi connectivity index (χ0v) is 14.5. The summed E-state index contributed by atoms with van der Waals surface area (Å²) < 4.78 is 0. The van der Waals surface area contributed by atoms with Crippen LogP contribution in [0.1, 0.15) is 13.8 Å². The summed E-state index contributed by atoms with van der Waals surface area (Å²) in [7, 11) is 0. The molecule has 1 aromatic carbocycles. The Morgan fingerprint density at radius 1 is 1.00 bits per heavy atom. The highest BCUT2D eigenvalue weighted by Gasteiger charge is 2.23. The van der Waals surface area contributed by atoms with E-state index in [1.807, 2.05) is 6.20 Å². The number of hydrogen-bond acceptors (Lipinski definition) is 4. The molecular formula is C19H25N5. The molecule has 5 heteroatoms. The highest BCUT2D eigenvalue weighted by atomic mass is 15.6. The van der Waals surface area contributed by atoms with E-state index >= 15 is 0 Å².